The van der Waals surface area contributed by atoms with Gasteiger partial charge in [-0.3, -0.25) is 4.98 Å². The molecule has 1 aromatic heterocycles. The largest absolute Gasteiger partial charge is 0.309 e. The van der Waals surface area contributed by atoms with Gasteiger partial charge in [-0.25, -0.2) is 0 Å². The van der Waals surface area contributed by atoms with Crippen molar-refractivity contribution in [2.45, 2.75) is 53.1 Å². The summed E-state index contributed by atoms with van der Waals surface area (Å²) in [7, 11) is 0. The van der Waals surface area contributed by atoms with Crippen molar-refractivity contribution in [3.63, 3.8) is 0 Å². The molecule has 0 amide bonds. The number of nitrogens with one attached hydrogen (secondary N) is 1. The van der Waals surface area contributed by atoms with E-state index in [4.69, 9.17) is 0 Å². The molecule has 0 bridgehead atoms. The first kappa shape index (κ1) is 13.2. The summed E-state index contributed by atoms with van der Waals surface area (Å²) in [5.41, 5.74) is 2.35. The lowest BCUT2D eigenvalue weighted by molar-refractivity contribution is 0.410. The van der Waals surface area contributed by atoms with E-state index >= 15 is 0 Å². The molecule has 16 heavy (non-hydrogen) atoms. The molecule has 0 aliphatic heterocycles. The summed E-state index contributed by atoms with van der Waals surface area (Å²) in [5.74, 6) is 0.800. The SMILES string of the molecule is CCC(C)CC(C)NCc1ccc(C)cn1. The Hall–Kier alpha value is -0.890. The van der Waals surface area contributed by atoms with E-state index in [2.05, 4.69) is 50.1 Å². The Morgan fingerprint density at radius 1 is 1.31 bits per heavy atom. The normalized spacial score (nSPS) is 14.8. The van der Waals surface area contributed by atoms with Crippen LogP contribution in [-0.2, 0) is 6.54 Å². The van der Waals surface area contributed by atoms with Crippen LogP contribution in [0.15, 0.2) is 18.3 Å². The maximum atomic E-state index is 4.39. The molecule has 0 fully saturated rings. The highest BCUT2D eigenvalue weighted by atomic mass is 14.9. The Bertz CT molecular complexity index is 292. The van der Waals surface area contributed by atoms with Gasteiger partial charge < -0.3 is 5.32 Å². The quantitative estimate of drug-likeness (QED) is 0.795. The Morgan fingerprint density at radius 3 is 2.62 bits per heavy atom. The topological polar surface area (TPSA) is 24.9 Å². The average Bonchev–Trinajstić information content (AvgIpc) is 2.28. The lowest BCUT2D eigenvalue weighted by atomic mass is 10.0. The van der Waals surface area contributed by atoms with Crippen molar-refractivity contribution >= 4 is 0 Å². The molecule has 1 aromatic rings. The second-order valence-corrected chi connectivity index (χ2v) is 4.86. The zero-order chi connectivity index (χ0) is 12.0. The zero-order valence-corrected chi connectivity index (χ0v) is 11.0. The van der Waals surface area contributed by atoms with Gasteiger partial charge in [0.25, 0.3) is 0 Å². The monoisotopic (exact) mass is 220 g/mol. The fourth-order valence-electron chi connectivity index (χ4n) is 1.74. The third kappa shape index (κ3) is 4.75. The molecule has 0 saturated carbocycles. The van der Waals surface area contributed by atoms with Crippen molar-refractivity contribution in [3.05, 3.63) is 29.6 Å². The lowest BCUT2D eigenvalue weighted by Gasteiger charge is -2.17. The van der Waals surface area contributed by atoms with Crippen LogP contribution in [0.25, 0.3) is 0 Å². The number of aromatic nitrogens is 1. The molecule has 1 heterocycles. The molecule has 90 valence electrons. The highest BCUT2D eigenvalue weighted by Gasteiger charge is 2.06. The molecule has 1 rings (SSSR count). The maximum absolute atomic E-state index is 4.39. The number of aryl methyl sites for hydroxylation is 1. The third-order valence-electron chi connectivity index (χ3n) is 3.06. The summed E-state index contributed by atoms with van der Waals surface area (Å²) in [6.45, 7) is 9.75. The van der Waals surface area contributed by atoms with Gasteiger partial charge in [0.05, 0.1) is 5.69 Å². The third-order valence-corrected chi connectivity index (χ3v) is 3.06. The fourth-order valence-corrected chi connectivity index (χ4v) is 1.74. The Balaban J connectivity index is 2.31. The maximum Gasteiger partial charge on any atom is 0.0541 e. The molecule has 0 saturated heterocycles. The van der Waals surface area contributed by atoms with Crippen molar-refractivity contribution in [2.24, 2.45) is 5.92 Å². The number of pyridine rings is 1. The first-order valence-electron chi connectivity index (χ1n) is 6.26. The second kappa shape index (κ2) is 6.64. The molecule has 1 N–H and O–H groups in total. The molecule has 2 unspecified atom stereocenters. The van der Waals surface area contributed by atoms with E-state index in [1.54, 1.807) is 0 Å². The van der Waals surface area contributed by atoms with E-state index in [0.29, 0.717) is 6.04 Å². The zero-order valence-electron chi connectivity index (χ0n) is 11.0. The van der Waals surface area contributed by atoms with Crippen LogP contribution >= 0.6 is 0 Å². The summed E-state index contributed by atoms with van der Waals surface area (Å²) in [4.78, 5) is 4.39. The van der Waals surface area contributed by atoms with E-state index < -0.39 is 0 Å². The summed E-state index contributed by atoms with van der Waals surface area (Å²) < 4.78 is 0. The summed E-state index contributed by atoms with van der Waals surface area (Å²) in [6, 6.07) is 4.78. The van der Waals surface area contributed by atoms with Crippen LogP contribution in [0.2, 0.25) is 0 Å². The van der Waals surface area contributed by atoms with E-state index in [1.807, 2.05) is 6.20 Å². The smallest absolute Gasteiger partial charge is 0.0541 e. The van der Waals surface area contributed by atoms with Crippen LogP contribution in [0.3, 0.4) is 0 Å². The van der Waals surface area contributed by atoms with E-state index in [9.17, 15) is 0 Å². The Morgan fingerprint density at radius 2 is 2.06 bits per heavy atom. The van der Waals surface area contributed by atoms with Gasteiger partial charge in [-0.15, -0.1) is 0 Å². The summed E-state index contributed by atoms with van der Waals surface area (Å²) in [5, 5.41) is 3.52. The van der Waals surface area contributed by atoms with Gasteiger partial charge in [-0.2, -0.15) is 0 Å². The molecular formula is C14H24N2. The van der Waals surface area contributed by atoms with Gasteiger partial charge in [0.1, 0.15) is 0 Å². The van der Waals surface area contributed by atoms with Crippen LogP contribution < -0.4 is 5.32 Å². The molecule has 0 aliphatic carbocycles. The molecular weight excluding hydrogens is 196 g/mol. The number of hydrogen-bond acceptors (Lipinski definition) is 2. The predicted octanol–water partition coefficient (Wildman–Crippen LogP) is 3.30. The minimum absolute atomic E-state index is 0.568. The Labute approximate surface area is 99.5 Å². The first-order chi connectivity index (χ1) is 7.61. The fraction of sp³-hybridized carbons (Fsp3) is 0.643. The molecule has 2 atom stereocenters. The van der Waals surface area contributed by atoms with Crippen molar-refractivity contribution in [2.75, 3.05) is 0 Å². The van der Waals surface area contributed by atoms with Crippen molar-refractivity contribution in [1.29, 1.82) is 0 Å². The number of rotatable bonds is 6. The standard InChI is InChI=1S/C14H24N2/c1-5-11(2)8-13(4)15-10-14-7-6-12(3)9-16-14/h6-7,9,11,13,15H,5,8,10H2,1-4H3. The van der Waals surface area contributed by atoms with Gasteiger partial charge in [0, 0.05) is 18.8 Å². The second-order valence-electron chi connectivity index (χ2n) is 4.86. The van der Waals surface area contributed by atoms with E-state index in [1.165, 1.54) is 18.4 Å². The lowest BCUT2D eigenvalue weighted by Crippen LogP contribution is -2.27. The highest BCUT2D eigenvalue weighted by molar-refractivity contribution is 5.11. The highest BCUT2D eigenvalue weighted by Crippen LogP contribution is 2.09. The van der Waals surface area contributed by atoms with Crippen LogP contribution in [0.5, 0.6) is 0 Å². The van der Waals surface area contributed by atoms with Crippen LogP contribution in [0.1, 0.15) is 44.9 Å². The van der Waals surface area contributed by atoms with Crippen molar-refractivity contribution < 1.29 is 0 Å². The molecule has 0 aromatic carbocycles. The molecule has 2 nitrogen and oxygen atoms in total. The van der Waals surface area contributed by atoms with Crippen molar-refractivity contribution in [3.8, 4) is 0 Å². The van der Waals surface area contributed by atoms with Gasteiger partial charge in [0.15, 0.2) is 0 Å². The van der Waals surface area contributed by atoms with Gasteiger partial charge in [-0.1, -0.05) is 26.3 Å². The minimum Gasteiger partial charge on any atom is -0.309 e. The van der Waals surface area contributed by atoms with Gasteiger partial charge in [0.2, 0.25) is 0 Å². The number of nitrogens with zero attached hydrogens (tertiary/aromatic N) is 1. The summed E-state index contributed by atoms with van der Waals surface area (Å²) in [6.07, 6.45) is 4.42. The van der Waals surface area contributed by atoms with E-state index in [-0.39, 0.29) is 0 Å². The van der Waals surface area contributed by atoms with Crippen LogP contribution in [-0.4, -0.2) is 11.0 Å². The van der Waals surface area contributed by atoms with Crippen LogP contribution in [0, 0.1) is 12.8 Å². The van der Waals surface area contributed by atoms with Gasteiger partial charge >= 0.3 is 0 Å². The van der Waals surface area contributed by atoms with E-state index in [0.717, 1.165) is 18.2 Å². The predicted molar refractivity (Wildman–Crippen MR) is 69.3 cm³/mol. The molecule has 2 heteroatoms. The van der Waals surface area contributed by atoms with Crippen LogP contribution in [0.4, 0.5) is 0 Å². The van der Waals surface area contributed by atoms with Crippen molar-refractivity contribution in [1.82, 2.24) is 10.3 Å². The minimum atomic E-state index is 0.568. The summed E-state index contributed by atoms with van der Waals surface area (Å²) >= 11 is 0. The number of hydrogen-bond donors (Lipinski definition) is 1. The Kier molecular flexibility index (Phi) is 5.47. The molecule has 0 radical (unpaired) electrons. The average molecular weight is 220 g/mol. The first-order valence-corrected chi connectivity index (χ1v) is 6.26. The van der Waals surface area contributed by atoms with Gasteiger partial charge in [-0.05, 0) is 37.8 Å². The molecule has 0 spiro atoms. The molecule has 0 aliphatic rings.